The summed E-state index contributed by atoms with van der Waals surface area (Å²) in [6.07, 6.45) is 1.73. The van der Waals surface area contributed by atoms with Crippen molar-refractivity contribution in [1.82, 2.24) is 13.9 Å². The lowest BCUT2D eigenvalue weighted by atomic mass is 9.97. The van der Waals surface area contributed by atoms with E-state index in [-0.39, 0.29) is 10.9 Å². The van der Waals surface area contributed by atoms with E-state index in [1.54, 1.807) is 12.5 Å². The summed E-state index contributed by atoms with van der Waals surface area (Å²) in [5, 5.41) is 7.12. The van der Waals surface area contributed by atoms with E-state index in [0.29, 0.717) is 26.1 Å². The monoisotopic (exact) mass is 465 g/mol. The van der Waals surface area contributed by atoms with Gasteiger partial charge in [0.2, 0.25) is 10.0 Å². The molecule has 0 aliphatic carbocycles. The van der Waals surface area contributed by atoms with Crippen molar-refractivity contribution in [2.45, 2.75) is 35.6 Å². The van der Waals surface area contributed by atoms with Gasteiger partial charge in [-0.15, -0.1) is 0 Å². The Labute approximate surface area is 175 Å². The number of alkyl halides is 3. The van der Waals surface area contributed by atoms with Gasteiger partial charge in [0.25, 0.3) is 0 Å². The fourth-order valence-corrected chi connectivity index (χ4v) is 5.07. The lowest BCUT2D eigenvalue weighted by molar-refractivity contribution is -0.192. The first-order valence-corrected chi connectivity index (χ1v) is 10.5. The van der Waals surface area contributed by atoms with Gasteiger partial charge in [0.15, 0.2) is 0 Å². The van der Waals surface area contributed by atoms with Crippen molar-refractivity contribution >= 4 is 16.0 Å². The van der Waals surface area contributed by atoms with Crippen molar-refractivity contribution in [3.63, 3.8) is 0 Å². The molecular weight excluding hydrogens is 446 g/mol. The van der Waals surface area contributed by atoms with Gasteiger partial charge in [-0.1, -0.05) is 0 Å². The van der Waals surface area contributed by atoms with Gasteiger partial charge in [0.1, 0.15) is 5.82 Å². The van der Waals surface area contributed by atoms with Crippen LogP contribution in [-0.4, -0.2) is 64.8 Å². The summed E-state index contributed by atoms with van der Waals surface area (Å²) in [6.45, 7) is 1.30. The zero-order chi connectivity index (χ0) is 22.9. The number of aromatic nitrogens is 2. The average molecular weight is 465 g/mol. The van der Waals surface area contributed by atoms with E-state index >= 15 is 0 Å². The second kappa shape index (κ2) is 8.55. The lowest BCUT2D eigenvalue weighted by Gasteiger charge is -2.23. The maximum atomic E-state index is 13.0. The van der Waals surface area contributed by atoms with E-state index in [1.165, 1.54) is 28.6 Å². The van der Waals surface area contributed by atoms with Crippen LogP contribution in [0.5, 0.6) is 0 Å². The fraction of sp³-hybridized carbons (Fsp3) is 0.444. The molecule has 0 radical (unpaired) electrons. The minimum Gasteiger partial charge on any atom is -0.475 e. The highest BCUT2D eigenvalue weighted by molar-refractivity contribution is 7.89. The van der Waals surface area contributed by atoms with Gasteiger partial charge in [0, 0.05) is 31.9 Å². The van der Waals surface area contributed by atoms with E-state index in [2.05, 4.69) is 4.98 Å². The highest BCUT2D eigenvalue weighted by atomic mass is 32.2. The Kier molecular flexibility index (Phi) is 6.39. The van der Waals surface area contributed by atoms with Gasteiger partial charge in [-0.3, -0.25) is 0 Å². The molecule has 2 aliphatic rings. The Bertz CT molecular complexity index is 1010. The quantitative estimate of drug-likeness (QED) is 0.699. The summed E-state index contributed by atoms with van der Waals surface area (Å²) >= 11 is 0. The molecule has 0 saturated carbocycles. The van der Waals surface area contributed by atoms with Gasteiger partial charge in [0.05, 0.1) is 29.5 Å². The molecule has 170 valence electrons. The largest absolute Gasteiger partial charge is 0.490 e. The fourth-order valence-electron chi connectivity index (χ4n) is 3.55. The number of imidazole rings is 1. The number of aliphatic carboxylic acids is 1. The Morgan fingerprint density at radius 1 is 1.26 bits per heavy atom. The van der Waals surface area contributed by atoms with Crippen LogP contribution in [0.25, 0.3) is 0 Å². The SMILES string of the molecule is O=C(O)C(F)(F)F.O=S(=O)(c1ccc(F)cc1)N1CCC2(CC(n3ccnc3)CO2)C1. The summed E-state index contributed by atoms with van der Waals surface area (Å²) in [6, 6.07) is 5.12. The molecule has 8 nitrogen and oxygen atoms in total. The molecule has 4 rings (SSSR count). The predicted molar refractivity (Wildman–Crippen MR) is 98.0 cm³/mol. The zero-order valence-electron chi connectivity index (χ0n) is 16.0. The molecule has 2 unspecified atom stereocenters. The highest BCUT2D eigenvalue weighted by Crippen LogP contribution is 2.41. The van der Waals surface area contributed by atoms with Crippen LogP contribution in [-0.2, 0) is 19.6 Å². The number of hydrogen-bond donors (Lipinski definition) is 1. The number of ether oxygens (including phenoxy) is 1. The summed E-state index contributed by atoms with van der Waals surface area (Å²) in [7, 11) is -3.62. The third-order valence-electron chi connectivity index (χ3n) is 5.11. The standard InChI is InChI=1S/C16H18FN3O3S.C2HF3O2/c17-13-1-3-15(4-2-13)24(21,22)20-7-5-16(11-20)9-14(10-23-16)19-8-6-18-12-19;3-2(4,5)1(6)7/h1-4,6,8,12,14H,5,7,9-11H2;(H,6,7). The van der Waals surface area contributed by atoms with Gasteiger partial charge < -0.3 is 14.4 Å². The van der Waals surface area contributed by atoms with Crippen molar-refractivity contribution in [2.24, 2.45) is 0 Å². The van der Waals surface area contributed by atoms with Crippen LogP contribution < -0.4 is 0 Å². The topological polar surface area (TPSA) is 102 Å². The third-order valence-corrected chi connectivity index (χ3v) is 6.97. The Balaban J connectivity index is 0.000000339. The van der Waals surface area contributed by atoms with Crippen LogP contribution >= 0.6 is 0 Å². The molecule has 1 aromatic heterocycles. The van der Waals surface area contributed by atoms with Gasteiger partial charge in [-0.25, -0.2) is 22.6 Å². The molecule has 2 atom stereocenters. The number of carboxylic acid groups (broad SMARTS) is 1. The van der Waals surface area contributed by atoms with E-state index in [9.17, 15) is 26.0 Å². The van der Waals surface area contributed by atoms with Gasteiger partial charge in [-0.05, 0) is 30.7 Å². The second-order valence-electron chi connectivity index (χ2n) is 7.21. The first-order valence-electron chi connectivity index (χ1n) is 9.10. The van der Waals surface area contributed by atoms with Gasteiger partial charge in [-0.2, -0.15) is 17.5 Å². The molecule has 31 heavy (non-hydrogen) atoms. The Hall–Kier alpha value is -2.51. The van der Waals surface area contributed by atoms with E-state index in [0.717, 1.165) is 6.42 Å². The van der Waals surface area contributed by atoms with Crippen LogP contribution in [0.3, 0.4) is 0 Å². The second-order valence-corrected chi connectivity index (χ2v) is 9.15. The molecule has 1 N–H and O–H groups in total. The molecule has 2 saturated heterocycles. The predicted octanol–water partition coefficient (Wildman–Crippen LogP) is 2.45. The number of benzene rings is 1. The molecule has 3 heterocycles. The minimum atomic E-state index is -5.08. The number of sulfonamides is 1. The average Bonchev–Trinajstić information content (AvgIpc) is 3.44. The van der Waals surface area contributed by atoms with Gasteiger partial charge >= 0.3 is 12.1 Å². The van der Waals surface area contributed by atoms with Crippen LogP contribution in [0, 0.1) is 5.82 Å². The Morgan fingerprint density at radius 2 is 1.90 bits per heavy atom. The number of carbonyl (C=O) groups is 1. The summed E-state index contributed by atoms with van der Waals surface area (Å²) in [5.41, 5.74) is -0.442. The molecule has 1 aromatic carbocycles. The smallest absolute Gasteiger partial charge is 0.475 e. The number of rotatable bonds is 3. The maximum Gasteiger partial charge on any atom is 0.490 e. The van der Waals surface area contributed by atoms with Crippen LogP contribution in [0.2, 0.25) is 0 Å². The summed E-state index contributed by atoms with van der Waals surface area (Å²) < 4.78 is 79.7. The molecule has 13 heteroatoms. The number of carboxylic acids is 1. The maximum absolute atomic E-state index is 13.0. The first-order chi connectivity index (χ1) is 14.4. The highest BCUT2D eigenvalue weighted by Gasteiger charge is 2.49. The van der Waals surface area contributed by atoms with Crippen LogP contribution in [0.4, 0.5) is 17.6 Å². The minimum absolute atomic E-state index is 0.116. The number of halogens is 4. The molecular formula is C18H19F4N3O5S. The van der Waals surface area contributed by atoms with E-state index in [4.69, 9.17) is 14.6 Å². The van der Waals surface area contributed by atoms with Crippen molar-refractivity contribution in [3.8, 4) is 0 Å². The van der Waals surface area contributed by atoms with Crippen molar-refractivity contribution in [1.29, 1.82) is 0 Å². The Morgan fingerprint density at radius 3 is 2.45 bits per heavy atom. The van der Waals surface area contributed by atoms with Crippen LogP contribution in [0.15, 0.2) is 47.9 Å². The number of hydrogen-bond acceptors (Lipinski definition) is 5. The summed E-state index contributed by atoms with van der Waals surface area (Å²) in [4.78, 5) is 13.1. The summed E-state index contributed by atoms with van der Waals surface area (Å²) in [5.74, 6) is -3.21. The molecule has 2 fully saturated rings. The third kappa shape index (κ3) is 5.22. The van der Waals surface area contributed by atoms with Crippen molar-refractivity contribution in [2.75, 3.05) is 19.7 Å². The molecule has 0 bridgehead atoms. The molecule has 0 amide bonds. The molecule has 2 aromatic rings. The van der Waals surface area contributed by atoms with E-state index in [1.807, 2.05) is 10.8 Å². The molecule has 2 aliphatic heterocycles. The van der Waals surface area contributed by atoms with Crippen molar-refractivity contribution < 1.29 is 40.6 Å². The zero-order valence-corrected chi connectivity index (χ0v) is 16.8. The van der Waals surface area contributed by atoms with Crippen LogP contribution in [0.1, 0.15) is 18.9 Å². The number of nitrogens with zero attached hydrogens (tertiary/aromatic N) is 3. The lowest BCUT2D eigenvalue weighted by Crippen LogP contribution is -2.35. The van der Waals surface area contributed by atoms with Crippen molar-refractivity contribution in [3.05, 3.63) is 48.8 Å². The first kappa shape index (κ1) is 23.2. The normalized spacial score (nSPS) is 24.2. The molecule has 1 spiro atoms. The van der Waals surface area contributed by atoms with E-state index < -0.39 is 33.6 Å².